The van der Waals surface area contributed by atoms with Gasteiger partial charge < -0.3 is 28.3 Å². The summed E-state index contributed by atoms with van der Waals surface area (Å²) in [6, 6.07) is 150. The van der Waals surface area contributed by atoms with Crippen molar-refractivity contribution in [2.24, 2.45) is 0 Å². The van der Waals surface area contributed by atoms with Gasteiger partial charge in [-0.1, -0.05) is 472 Å². The van der Waals surface area contributed by atoms with Crippen LogP contribution in [0.15, 0.2) is 465 Å². The fourth-order valence-corrected chi connectivity index (χ4v) is 21.3. The molecule has 0 amide bonds. The molecule has 0 aliphatic heterocycles. The molecule has 16 rings (SSSR count). The van der Waals surface area contributed by atoms with Crippen LogP contribution >= 0.6 is 111 Å². The zero-order chi connectivity index (χ0) is 77.5. The van der Waals surface area contributed by atoms with Crippen molar-refractivity contribution in [1.82, 2.24) is 0 Å². The Morgan fingerprint density at radius 3 is 0.421 bits per heavy atom. The number of benzene rings is 12. The second kappa shape index (κ2) is 64.5. The molecule has 0 unspecified atom stereocenters. The number of rotatable bonds is 12. The minimum Gasteiger partial charge on any atom is -0.869 e. The summed E-state index contributed by atoms with van der Waals surface area (Å²) in [5, 5.41) is 48.3. The largest absolute Gasteiger partial charge is 1.00 e. The van der Waals surface area contributed by atoms with Crippen molar-refractivity contribution in [3.63, 3.8) is 0 Å². The Morgan fingerprint density at radius 2 is 0.342 bits per heavy atom. The summed E-state index contributed by atoms with van der Waals surface area (Å²) in [7, 11) is 1.38. The van der Waals surface area contributed by atoms with Crippen LogP contribution in [0.5, 0.6) is 16.4 Å². The predicted molar refractivity (Wildman–Crippen MR) is 490 cm³/mol. The van der Waals surface area contributed by atoms with Crippen LogP contribution in [0.3, 0.4) is 0 Å². The van der Waals surface area contributed by atoms with Crippen LogP contribution in [-0.2, 0) is 68.3 Å². The molecule has 592 valence electrons. The first kappa shape index (κ1) is 102. The van der Waals surface area contributed by atoms with E-state index in [0.29, 0.717) is 0 Å². The molecule has 16 aromatic rings. The van der Waals surface area contributed by atoms with Gasteiger partial charge in [-0.2, -0.15) is 0 Å². The first-order valence-electron chi connectivity index (χ1n) is 34.6. The van der Waals surface area contributed by atoms with Crippen molar-refractivity contribution in [3.05, 3.63) is 470 Å². The van der Waals surface area contributed by atoms with E-state index in [1.54, 1.807) is 48.5 Å². The molecule has 114 heavy (non-hydrogen) atoms. The van der Waals surface area contributed by atoms with Gasteiger partial charge in [0.2, 0.25) is 0 Å². The smallest absolute Gasteiger partial charge is 0.869 e. The minimum atomic E-state index is -0.446. The third-order valence-electron chi connectivity index (χ3n) is 14.7. The summed E-state index contributed by atoms with van der Waals surface area (Å²) in [4.78, 5) is 10.3. The van der Waals surface area contributed by atoms with E-state index in [-0.39, 0.29) is 101 Å². The molecule has 0 bridgehead atoms. The maximum absolute atomic E-state index is 10.3. The van der Waals surface area contributed by atoms with Crippen LogP contribution in [0.4, 0.5) is 0 Å². The summed E-state index contributed by atoms with van der Waals surface area (Å²) in [6.07, 6.45) is 0. The predicted octanol–water partition coefficient (Wildman–Crippen LogP) is 22.0. The molecule has 12 aromatic carbocycles. The van der Waals surface area contributed by atoms with Crippen LogP contribution in [0.25, 0.3) is 0 Å². The van der Waals surface area contributed by atoms with Crippen molar-refractivity contribution in [3.8, 4) is 16.4 Å². The van der Waals surface area contributed by atoms with Crippen molar-refractivity contribution < 1.29 is 83.6 Å². The quantitative estimate of drug-likeness (QED) is 0.0693. The molecule has 0 saturated carbocycles. The normalized spacial score (nSPS) is 9.75. The van der Waals surface area contributed by atoms with E-state index in [2.05, 4.69) is 364 Å². The summed E-state index contributed by atoms with van der Waals surface area (Å²) < 4.78 is 0. The molecule has 4 aromatic heterocycles. The van der Waals surface area contributed by atoms with Gasteiger partial charge in [0.15, 0.2) is 0 Å². The second-order valence-electron chi connectivity index (χ2n) is 22.2. The van der Waals surface area contributed by atoms with Gasteiger partial charge in [0.25, 0.3) is 0 Å². The summed E-state index contributed by atoms with van der Waals surface area (Å²) in [5.41, 5.74) is 0.507. The van der Waals surface area contributed by atoms with E-state index in [4.69, 9.17) is 46.4 Å². The van der Waals surface area contributed by atoms with Crippen LogP contribution < -0.4 is 84.1 Å². The molecule has 0 saturated heterocycles. The monoisotopic (exact) mass is 1910 g/mol. The van der Waals surface area contributed by atoms with Gasteiger partial charge in [0.05, 0.1) is 10.7 Å². The molecule has 0 atom stereocenters. The Balaban J connectivity index is 0.000000343. The Hall–Kier alpha value is -6.60. The Morgan fingerprint density at radius 1 is 0.211 bits per heavy atom. The molecule has 4 heterocycles. The van der Waals surface area contributed by atoms with Crippen molar-refractivity contribution in [2.45, 2.75) is 0 Å². The summed E-state index contributed by atoms with van der Waals surface area (Å²) in [5.74, 6) is 7.29. The van der Waals surface area contributed by atoms with E-state index < -0.39 is 31.7 Å². The summed E-state index contributed by atoms with van der Waals surface area (Å²) >= 11 is 19.1. The van der Waals surface area contributed by atoms with Crippen LogP contribution in [0.1, 0.15) is 0 Å². The fraction of sp³-hybridized carbons (Fsp3) is 0.0213. The zero-order valence-electron chi connectivity index (χ0n) is 61.2. The Kier molecular flexibility index (Phi) is 57.5. The van der Waals surface area contributed by atoms with E-state index >= 15 is 0 Å². The molecule has 20 heteroatoms. The Labute approximate surface area is 747 Å². The molecular weight excluding hydrogens is 1840 g/mol. The standard InChI is InChI=1S/4C18H15P.3C5H5OP.C5H4OP.2CH2Cl2.4Cu/c4*1-4-10-16(11-5-1)19(17-12-6-2-7-13-17)18-14-8-3-9-15-18;4*6-5-3-1-2-4-7-5;2*2-1-3;;;;/h4*1-15H;3*1-4,6H;1-4H;2*1H2;;;;/q;;;;;;;-1;;;4*+1/p-3. The SMILES string of the molecule is ClCCl.ClCCl.O=c1cccc[p-]1.[Cu+].[Cu+].[Cu+].[Cu+].[O-]c1ccccp1.[O-]c1ccccp1.[O-]c1ccccp1.c1ccc(P(c2ccccc2)c2ccccc2)cc1.c1ccc(P(c2ccccc2)c2ccccc2)cc1.c1ccc(P(c2ccccc2)c2ccccc2)cc1.c1ccc(P(c2ccccc2)c2ccccc2)cc1. The number of hydrogen-bond donors (Lipinski definition) is 0. The third-order valence-corrected chi connectivity index (χ3v) is 27.4. The average Bonchev–Trinajstić information content (AvgIpc) is 0.840. The van der Waals surface area contributed by atoms with Gasteiger partial charge in [-0.25, -0.2) is 5.80 Å². The topological polar surface area (TPSA) is 86.2 Å². The van der Waals surface area contributed by atoms with Gasteiger partial charge >= 0.3 is 68.3 Å². The van der Waals surface area contributed by atoms with Crippen LogP contribution in [0.2, 0.25) is 0 Å². The van der Waals surface area contributed by atoms with E-state index in [9.17, 15) is 20.1 Å². The van der Waals surface area contributed by atoms with Gasteiger partial charge in [-0.05, 0) is 119 Å². The van der Waals surface area contributed by atoms with Gasteiger partial charge in [0.1, 0.15) is 0 Å². The van der Waals surface area contributed by atoms with Crippen molar-refractivity contribution in [2.75, 3.05) is 10.7 Å². The number of hydrogen-bond acceptors (Lipinski definition) is 4. The molecule has 4 nitrogen and oxygen atoms in total. The second-order valence-corrected chi connectivity index (χ2v) is 36.7. The molecular formula is C94H80Cl4Cu4O4P8. The van der Waals surface area contributed by atoms with Gasteiger partial charge in [-0.3, -0.25) is 0 Å². The first-order chi connectivity index (χ1) is 54.2. The van der Waals surface area contributed by atoms with Crippen LogP contribution in [0, 0.1) is 0 Å². The third kappa shape index (κ3) is 40.0. The zero-order valence-corrected chi connectivity index (χ0v) is 75.2. The maximum atomic E-state index is 10.3. The average molecular weight is 1920 g/mol. The molecule has 0 aliphatic rings. The summed E-state index contributed by atoms with van der Waals surface area (Å²) in [6.45, 7) is 0. The van der Waals surface area contributed by atoms with Crippen molar-refractivity contribution in [1.29, 1.82) is 0 Å². The Bertz CT molecular complexity index is 3990. The fourth-order valence-electron chi connectivity index (χ4n) is 10.1. The van der Waals surface area contributed by atoms with E-state index in [1.807, 2.05) is 47.5 Å². The van der Waals surface area contributed by atoms with Crippen LogP contribution in [-0.4, -0.2) is 10.7 Å². The molecule has 0 aliphatic carbocycles. The maximum Gasteiger partial charge on any atom is 1.00 e. The molecule has 0 radical (unpaired) electrons. The minimum absolute atomic E-state index is 0. The van der Waals surface area contributed by atoms with Gasteiger partial charge in [-0.15, -0.1) is 46.4 Å². The van der Waals surface area contributed by atoms with E-state index in [0.717, 1.165) is 32.8 Å². The number of halogens is 4. The number of alkyl halides is 4. The molecule has 0 spiro atoms. The first-order valence-corrected chi connectivity index (χ1v) is 45.9. The van der Waals surface area contributed by atoms with Gasteiger partial charge in [0, 0.05) is 5.16 Å². The molecule has 0 N–H and O–H groups in total. The van der Waals surface area contributed by atoms with E-state index in [1.165, 1.54) is 63.7 Å². The molecule has 0 fully saturated rings. The van der Waals surface area contributed by atoms with Crippen molar-refractivity contribution >= 4 is 175 Å².